The summed E-state index contributed by atoms with van der Waals surface area (Å²) in [5.74, 6) is 0.368. The Morgan fingerprint density at radius 2 is 1.74 bits per heavy atom. The predicted molar refractivity (Wildman–Crippen MR) is 141 cm³/mol. The van der Waals surface area contributed by atoms with Crippen LogP contribution in [0.3, 0.4) is 0 Å². The van der Waals surface area contributed by atoms with Crippen LogP contribution in [-0.2, 0) is 4.79 Å². The minimum absolute atomic E-state index is 0.0251. The molecule has 0 aliphatic rings. The van der Waals surface area contributed by atoms with Gasteiger partial charge < -0.3 is 31.9 Å². The molecule has 0 aromatic heterocycles. The largest absolute Gasteiger partial charge is 0.491 e. The Kier molecular flexibility index (Phi) is 14.6. The van der Waals surface area contributed by atoms with E-state index in [9.17, 15) is 14.7 Å². The summed E-state index contributed by atoms with van der Waals surface area (Å²) in [6.45, 7) is 12.0. The van der Waals surface area contributed by atoms with Gasteiger partial charge in [-0.1, -0.05) is 53.2 Å². The third-order valence-corrected chi connectivity index (χ3v) is 6.51. The van der Waals surface area contributed by atoms with Crippen molar-refractivity contribution in [2.75, 3.05) is 26.2 Å². The zero-order chi connectivity index (χ0) is 26.4. The summed E-state index contributed by atoms with van der Waals surface area (Å²) in [4.78, 5) is 25.5. The van der Waals surface area contributed by atoms with Crippen molar-refractivity contribution in [3.63, 3.8) is 0 Å². The van der Waals surface area contributed by atoms with Gasteiger partial charge >= 0.3 is 0 Å². The number of benzene rings is 1. The van der Waals surface area contributed by atoms with Crippen molar-refractivity contribution >= 4 is 11.8 Å². The monoisotopic (exact) mass is 492 g/mol. The molecule has 0 saturated heterocycles. The number of hydrogen-bond donors (Lipinski definition) is 5. The summed E-state index contributed by atoms with van der Waals surface area (Å²) in [5, 5.41) is 16.8. The Morgan fingerprint density at radius 1 is 1.06 bits per heavy atom. The van der Waals surface area contributed by atoms with Crippen molar-refractivity contribution in [3.05, 3.63) is 29.8 Å². The first-order chi connectivity index (χ1) is 16.6. The van der Waals surface area contributed by atoms with Gasteiger partial charge in [-0.25, -0.2) is 0 Å². The number of ether oxygens (including phenoxy) is 1. The molecule has 8 nitrogen and oxygen atoms in total. The van der Waals surface area contributed by atoms with E-state index in [-0.39, 0.29) is 35.5 Å². The third kappa shape index (κ3) is 11.0. The van der Waals surface area contributed by atoms with Gasteiger partial charge in [-0.3, -0.25) is 9.59 Å². The molecule has 0 radical (unpaired) electrons. The van der Waals surface area contributed by atoms with Crippen LogP contribution in [0.25, 0.3) is 0 Å². The van der Waals surface area contributed by atoms with Gasteiger partial charge in [0.1, 0.15) is 12.4 Å². The quantitative estimate of drug-likeness (QED) is 0.212. The maximum atomic E-state index is 12.8. The third-order valence-electron chi connectivity index (χ3n) is 6.51. The maximum Gasteiger partial charge on any atom is 0.255 e. The van der Waals surface area contributed by atoms with E-state index in [0.717, 1.165) is 12.8 Å². The minimum Gasteiger partial charge on any atom is -0.491 e. The fraction of sp³-hybridized carbons (Fsp3) is 0.704. The first kappa shape index (κ1) is 30.9. The molecule has 2 amide bonds. The van der Waals surface area contributed by atoms with E-state index in [4.69, 9.17) is 16.2 Å². The van der Waals surface area contributed by atoms with Gasteiger partial charge in [-0.2, -0.15) is 0 Å². The van der Waals surface area contributed by atoms with Crippen LogP contribution in [-0.4, -0.2) is 55.3 Å². The second-order valence-electron chi connectivity index (χ2n) is 10.0. The number of unbranched alkanes of at least 4 members (excludes halogenated alkanes) is 1. The van der Waals surface area contributed by atoms with E-state index in [2.05, 4.69) is 31.4 Å². The molecule has 0 heterocycles. The number of carbonyl (C=O) groups is 2. The van der Waals surface area contributed by atoms with Crippen LogP contribution in [0.1, 0.15) is 70.7 Å². The zero-order valence-corrected chi connectivity index (χ0v) is 22.3. The predicted octanol–water partition coefficient (Wildman–Crippen LogP) is 2.68. The Morgan fingerprint density at radius 3 is 2.34 bits per heavy atom. The summed E-state index contributed by atoms with van der Waals surface area (Å²) in [5.41, 5.74) is 12.4. The summed E-state index contributed by atoms with van der Waals surface area (Å²) >= 11 is 0. The molecule has 0 aliphatic carbocycles. The molecule has 1 rings (SSSR count). The lowest BCUT2D eigenvalue weighted by atomic mass is 9.83. The van der Waals surface area contributed by atoms with Crippen molar-refractivity contribution in [3.8, 4) is 5.75 Å². The van der Waals surface area contributed by atoms with E-state index in [1.165, 1.54) is 0 Å². The maximum absolute atomic E-state index is 12.8. The van der Waals surface area contributed by atoms with E-state index < -0.39 is 12.1 Å². The van der Waals surface area contributed by atoms with Crippen LogP contribution in [0.2, 0.25) is 0 Å². The SMILES string of the molecule is CCCCNC(=O)[C@@H](C[C@H](O)[C@@H](N)C[C@H](CNC(=O)c1ccccc1OCCN)C(C)C)C(C)C. The first-order valence-corrected chi connectivity index (χ1v) is 13.0. The van der Waals surface area contributed by atoms with Crippen LogP contribution in [0.4, 0.5) is 0 Å². The highest BCUT2D eigenvalue weighted by Crippen LogP contribution is 2.24. The molecule has 200 valence electrons. The van der Waals surface area contributed by atoms with Crippen molar-refractivity contribution in [2.24, 2.45) is 35.1 Å². The summed E-state index contributed by atoms with van der Waals surface area (Å²) in [6, 6.07) is 6.58. The van der Waals surface area contributed by atoms with Gasteiger partial charge in [0.15, 0.2) is 0 Å². The Balaban J connectivity index is 2.72. The fourth-order valence-electron chi connectivity index (χ4n) is 4.00. The number of nitrogens with one attached hydrogen (secondary N) is 2. The molecule has 8 heteroatoms. The van der Waals surface area contributed by atoms with Crippen molar-refractivity contribution in [1.29, 1.82) is 0 Å². The fourth-order valence-corrected chi connectivity index (χ4v) is 4.00. The average Bonchev–Trinajstić information content (AvgIpc) is 2.82. The normalized spacial score (nSPS) is 14.9. The van der Waals surface area contributed by atoms with Gasteiger partial charge in [0, 0.05) is 31.6 Å². The second kappa shape index (κ2) is 16.5. The lowest BCUT2D eigenvalue weighted by Crippen LogP contribution is -2.44. The number of hydrogen-bond acceptors (Lipinski definition) is 6. The van der Waals surface area contributed by atoms with Crippen LogP contribution >= 0.6 is 0 Å². The molecule has 7 N–H and O–H groups in total. The van der Waals surface area contributed by atoms with Gasteiger partial charge in [-0.05, 0) is 49.1 Å². The standard InChI is InChI=1S/C27H48N4O4/c1-6-7-13-30-27(34)22(19(4)5)16-24(32)23(29)15-20(18(2)3)17-31-26(33)21-10-8-9-11-25(21)35-14-12-28/h8-11,18-20,22-24,32H,6-7,12-17,28-29H2,1-5H3,(H,30,34)(H,31,33)/t20-,22+,23+,24+/m1/s1. The molecule has 1 aromatic carbocycles. The van der Waals surface area contributed by atoms with Crippen molar-refractivity contribution in [2.45, 2.75) is 72.4 Å². The molecule has 1 aromatic rings. The number of nitrogens with two attached hydrogens (primary N) is 2. The minimum atomic E-state index is -0.804. The lowest BCUT2D eigenvalue weighted by molar-refractivity contribution is -0.127. The highest BCUT2D eigenvalue weighted by atomic mass is 16.5. The Bertz CT molecular complexity index is 756. The summed E-state index contributed by atoms with van der Waals surface area (Å²) in [7, 11) is 0. The van der Waals surface area contributed by atoms with E-state index in [1.807, 2.05) is 19.9 Å². The van der Waals surface area contributed by atoms with E-state index >= 15 is 0 Å². The lowest BCUT2D eigenvalue weighted by Gasteiger charge is -2.30. The van der Waals surface area contributed by atoms with Crippen LogP contribution < -0.4 is 26.8 Å². The number of aliphatic hydroxyl groups is 1. The average molecular weight is 493 g/mol. The molecule has 0 aliphatic heterocycles. The number of aliphatic hydroxyl groups excluding tert-OH is 1. The number of carbonyl (C=O) groups excluding carboxylic acids is 2. The first-order valence-electron chi connectivity index (χ1n) is 13.0. The second-order valence-corrected chi connectivity index (χ2v) is 10.0. The summed E-state index contributed by atoms with van der Waals surface area (Å²) in [6.07, 6.45) is 2.00. The van der Waals surface area contributed by atoms with Gasteiger partial charge in [0.2, 0.25) is 5.91 Å². The Labute approximate surface area is 211 Å². The number of amides is 2. The molecule has 0 fully saturated rings. The molecule has 0 spiro atoms. The molecular weight excluding hydrogens is 444 g/mol. The number of rotatable bonds is 17. The Hall–Kier alpha value is -2.16. The zero-order valence-electron chi connectivity index (χ0n) is 22.3. The molecule has 0 unspecified atom stereocenters. The molecular formula is C27H48N4O4. The van der Waals surface area contributed by atoms with Gasteiger partial charge in [0.25, 0.3) is 5.91 Å². The molecule has 4 atom stereocenters. The molecule has 35 heavy (non-hydrogen) atoms. The van der Waals surface area contributed by atoms with E-state index in [0.29, 0.717) is 50.4 Å². The highest BCUT2D eigenvalue weighted by Gasteiger charge is 2.29. The van der Waals surface area contributed by atoms with Gasteiger partial charge in [-0.15, -0.1) is 0 Å². The van der Waals surface area contributed by atoms with Crippen LogP contribution in [0.15, 0.2) is 24.3 Å². The van der Waals surface area contributed by atoms with Crippen molar-refractivity contribution in [1.82, 2.24) is 10.6 Å². The highest BCUT2D eigenvalue weighted by molar-refractivity contribution is 5.96. The number of para-hydroxylation sites is 1. The van der Waals surface area contributed by atoms with Crippen molar-refractivity contribution < 1.29 is 19.4 Å². The molecule has 0 saturated carbocycles. The molecule has 0 bridgehead atoms. The summed E-state index contributed by atoms with van der Waals surface area (Å²) < 4.78 is 5.59. The van der Waals surface area contributed by atoms with E-state index in [1.54, 1.807) is 18.2 Å². The topological polar surface area (TPSA) is 140 Å². The van der Waals surface area contributed by atoms with Gasteiger partial charge in [0.05, 0.1) is 11.7 Å². The van der Waals surface area contributed by atoms with Crippen LogP contribution in [0, 0.1) is 23.7 Å². The van der Waals surface area contributed by atoms with Crippen LogP contribution in [0.5, 0.6) is 5.75 Å². The smallest absolute Gasteiger partial charge is 0.255 e.